The van der Waals surface area contributed by atoms with Gasteiger partial charge in [-0.1, -0.05) is 6.07 Å². The number of nitrogens with one attached hydrogen (secondary N) is 2. The molecule has 0 aromatic carbocycles. The monoisotopic (exact) mass is 360 g/mol. The van der Waals surface area contributed by atoms with Crippen LogP contribution < -0.4 is 10.6 Å². The molecule has 25 heavy (non-hydrogen) atoms. The lowest BCUT2D eigenvalue weighted by Gasteiger charge is -2.32. The second-order valence-electron chi connectivity index (χ2n) is 6.55. The highest BCUT2D eigenvalue weighted by molar-refractivity contribution is 7.10. The molecule has 1 aliphatic rings. The number of carbonyl (C=O) groups is 2. The smallest absolute Gasteiger partial charge is 0.220 e. The molecular weight excluding hydrogens is 336 g/mol. The Bertz CT molecular complexity index is 766. The van der Waals surface area contributed by atoms with E-state index in [0.29, 0.717) is 25.7 Å². The van der Waals surface area contributed by atoms with Crippen LogP contribution in [0.25, 0.3) is 0 Å². The Balaban J connectivity index is 1.62. The van der Waals surface area contributed by atoms with Crippen molar-refractivity contribution in [3.8, 4) is 0 Å². The summed E-state index contributed by atoms with van der Waals surface area (Å²) in [7, 11) is 1.92. The highest BCUT2D eigenvalue weighted by Crippen LogP contribution is 2.27. The molecule has 1 saturated heterocycles. The molecule has 6 nitrogen and oxygen atoms in total. The van der Waals surface area contributed by atoms with Gasteiger partial charge in [-0.15, -0.1) is 11.3 Å². The zero-order valence-electron chi connectivity index (χ0n) is 14.8. The number of hydrogen-bond acceptors (Lipinski definition) is 4. The maximum absolute atomic E-state index is 12.5. The van der Waals surface area contributed by atoms with Crippen LogP contribution in [0.4, 0.5) is 0 Å². The lowest BCUT2D eigenvalue weighted by molar-refractivity contribution is -0.127. The van der Waals surface area contributed by atoms with Crippen molar-refractivity contribution in [3.05, 3.63) is 39.3 Å². The summed E-state index contributed by atoms with van der Waals surface area (Å²) in [6.45, 7) is 4.00. The van der Waals surface area contributed by atoms with Crippen LogP contribution in [0.3, 0.4) is 0 Å². The van der Waals surface area contributed by atoms with E-state index in [1.165, 1.54) is 0 Å². The van der Waals surface area contributed by atoms with Crippen LogP contribution in [0.1, 0.15) is 47.1 Å². The second kappa shape index (κ2) is 7.39. The van der Waals surface area contributed by atoms with Crippen molar-refractivity contribution >= 4 is 23.2 Å². The number of aryl methyl sites for hydroxylation is 2. The molecule has 3 rings (SSSR count). The summed E-state index contributed by atoms with van der Waals surface area (Å²) in [6, 6.07) is 3.78. The Morgan fingerprint density at radius 1 is 1.48 bits per heavy atom. The maximum atomic E-state index is 12.5. The molecule has 134 valence electrons. The lowest BCUT2D eigenvalue weighted by Crippen LogP contribution is -2.49. The zero-order chi connectivity index (χ0) is 18.0. The molecule has 1 aliphatic heterocycles. The van der Waals surface area contributed by atoms with Gasteiger partial charge in [-0.3, -0.25) is 14.3 Å². The van der Waals surface area contributed by atoms with Crippen molar-refractivity contribution in [2.24, 2.45) is 7.05 Å². The fraction of sp³-hybridized carbons (Fsp3) is 0.500. The summed E-state index contributed by atoms with van der Waals surface area (Å²) in [4.78, 5) is 25.3. The summed E-state index contributed by atoms with van der Waals surface area (Å²) in [5.41, 5.74) is 3.23. The minimum atomic E-state index is -0.132. The molecular formula is C18H24N4O2S. The van der Waals surface area contributed by atoms with Gasteiger partial charge >= 0.3 is 0 Å². The fourth-order valence-corrected chi connectivity index (χ4v) is 4.23. The van der Waals surface area contributed by atoms with Gasteiger partial charge < -0.3 is 10.6 Å². The van der Waals surface area contributed by atoms with Crippen molar-refractivity contribution in [2.75, 3.05) is 0 Å². The van der Waals surface area contributed by atoms with Crippen LogP contribution in [0.15, 0.2) is 17.5 Å². The van der Waals surface area contributed by atoms with Crippen LogP contribution in [-0.4, -0.2) is 27.6 Å². The van der Waals surface area contributed by atoms with E-state index in [2.05, 4.69) is 15.7 Å². The molecule has 7 heteroatoms. The van der Waals surface area contributed by atoms with Crippen LogP contribution in [0, 0.1) is 13.8 Å². The van der Waals surface area contributed by atoms with Crippen LogP contribution in [0.2, 0.25) is 0 Å². The minimum absolute atomic E-state index is 0.0189. The van der Waals surface area contributed by atoms with Crippen molar-refractivity contribution in [1.29, 1.82) is 0 Å². The average molecular weight is 360 g/mol. The Kier molecular flexibility index (Phi) is 5.22. The number of thiophene rings is 1. The first-order chi connectivity index (χ1) is 12.0. The van der Waals surface area contributed by atoms with E-state index < -0.39 is 0 Å². The van der Waals surface area contributed by atoms with Crippen LogP contribution >= 0.6 is 11.3 Å². The molecule has 0 aliphatic carbocycles. The fourth-order valence-electron chi connectivity index (χ4n) is 3.39. The molecule has 2 aromatic heterocycles. The molecule has 0 saturated carbocycles. The van der Waals surface area contributed by atoms with E-state index in [0.717, 1.165) is 21.8 Å². The number of hydrogen-bond donors (Lipinski definition) is 2. The van der Waals surface area contributed by atoms with Crippen LogP contribution in [-0.2, 0) is 23.1 Å². The van der Waals surface area contributed by atoms with Gasteiger partial charge in [0.2, 0.25) is 11.8 Å². The molecule has 3 heterocycles. The highest BCUT2D eigenvalue weighted by Gasteiger charge is 2.31. The van der Waals surface area contributed by atoms with E-state index in [1.807, 2.05) is 43.1 Å². The third-order valence-electron chi connectivity index (χ3n) is 4.86. The summed E-state index contributed by atoms with van der Waals surface area (Å²) in [5, 5.41) is 12.5. The van der Waals surface area contributed by atoms with Gasteiger partial charge in [-0.25, -0.2) is 0 Å². The van der Waals surface area contributed by atoms with Gasteiger partial charge in [0.15, 0.2) is 0 Å². The molecule has 0 radical (unpaired) electrons. The maximum Gasteiger partial charge on any atom is 0.220 e. The minimum Gasteiger partial charge on any atom is -0.351 e. The van der Waals surface area contributed by atoms with Crippen molar-refractivity contribution in [1.82, 2.24) is 20.4 Å². The Hall–Kier alpha value is -2.15. The van der Waals surface area contributed by atoms with Crippen LogP contribution in [0.5, 0.6) is 0 Å². The molecule has 0 spiro atoms. The molecule has 0 bridgehead atoms. The first-order valence-corrected chi connectivity index (χ1v) is 9.45. The van der Waals surface area contributed by atoms with E-state index in [4.69, 9.17) is 0 Å². The molecule has 2 amide bonds. The molecule has 2 atom stereocenters. The predicted octanol–water partition coefficient (Wildman–Crippen LogP) is 2.17. The topological polar surface area (TPSA) is 76.0 Å². The summed E-state index contributed by atoms with van der Waals surface area (Å²) in [5.74, 6) is 0.0656. The molecule has 0 unspecified atom stereocenters. The summed E-state index contributed by atoms with van der Waals surface area (Å²) in [6.07, 6.45) is 2.23. The number of rotatable bonds is 5. The molecule has 1 fully saturated rings. The Morgan fingerprint density at radius 3 is 2.92 bits per heavy atom. The van der Waals surface area contributed by atoms with E-state index in [1.54, 1.807) is 11.3 Å². The first-order valence-electron chi connectivity index (χ1n) is 8.57. The van der Waals surface area contributed by atoms with E-state index in [-0.39, 0.29) is 23.9 Å². The van der Waals surface area contributed by atoms with Crippen molar-refractivity contribution in [2.45, 2.75) is 51.6 Å². The van der Waals surface area contributed by atoms with Gasteiger partial charge in [0.05, 0.1) is 17.8 Å². The van der Waals surface area contributed by atoms with E-state index in [9.17, 15) is 9.59 Å². The largest absolute Gasteiger partial charge is 0.351 e. The number of carbonyl (C=O) groups excluding carboxylic acids is 2. The van der Waals surface area contributed by atoms with Gasteiger partial charge in [-0.05, 0) is 43.7 Å². The normalized spacial score (nSPS) is 20.4. The third-order valence-corrected chi connectivity index (χ3v) is 5.81. The summed E-state index contributed by atoms with van der Waals surface area (Å²) < 4.78 is 1.85. The van der Waals surface area contributed by atoms with E-state index >= 15 is 0 Å². The summed E-state index contributed by atoms with van der Waals surface area (Å²) >= 11 is 1.60. The second-order valence-corrected chi connectivity index (χ2v) is 7.53. The lowest BCUT2D eigenvalue weighted by atomic mass is 9.96. The predicted molar refractivity (Wildman–Crippen MR) is 97.4 cm³/mol. The molecule has 2 aromatic rings. The average Bonchev–Trinajstić information content (AvgIpc) is 3.17. The Labute approximate surface area is 151 Å². The third kappa shape index (κ3) is 3.92. The Morgan fingerprint density at radius 2 is 2.28 bits per heavy atom. The molecule has 2 N–H and O–H groups in total. The zero-order valence-corrected chi connectivity index (χ0v) is 15.7. The number of nitrogens with zero attached hydrogens (tertiary/aromatic N) is 2. The first kappa shape index (κ1) is 17.7. The van der Waals surface area contributed by atoms with Crippen molar-refractivity contribution < 1.29 is 9.59 Å². The van der Waals surface area contributed by atoms with Gasteiger partial charge in [0.1, 0.15) is 0 Å². The number of amides is 2. The SMILES string of the molecule is Cc1nn(C)c(C)c1CCC(=O)N[C@@H]1CCC(=O)N[C@H]1c1cccs1. The highest BCUT2D eigenvalue weighted by atomic mass is 32.1. The van der Waals surface area contributed by atoms with Crippen molar-refractivity contribution in [3.63, 3.8) is 0 Å². The van der Waals surface area contributed by atoms with Gasteiger partial charge in [0.25, 0.3) is 0 Å². The number of piperidine rings is 1. The quantitative estimate of drug-likeness (QED) is 0.858. The number of aromatic nitrogens is 2. The van der Waals surface area contributed by atoms with Gasteiger partial charge in [-0.2, -0.15) is 5.10 Å². The van der Waals surface area contributed by atoms with Gasteiger partial charge in [0, 0.05) is 30.5 Å². The standard InChI is InChI=1S/C18H24N4O2S/c1-11-13(12(2)22(3)21-11)6-8-16(23)19-14-7-9-17(24)20-18(14)15-5-4-10-25-15/h4-5,10,14,18H,6-9H2,1-3H3,(H,19,23)(H,20,24)/t14-,18-/m1/s1.